The van der Waals surface area contributed by atoms with E-state index in [1.54, 1.807) is 0 Å². The maximum absolute atomic E-state index is 5.49. The van der Waals surface area contributed by atoms with Crippen LogP contribution in [0.5, 0.6) is 0 Å². The molecule has 0 aliphatic heterocycles. The van der Waals surface area contributed by atoms with E-state index in [0.29, 0.717) is 6.04 Å². The second-order valence-electron chi connectivity index (χ2n) is 5.10. The lowest BCUT2D eigenvalue weighted by molar-refractivity contribution is 0.329. The molecule has 0 saturated heterocycles. The Morgan fingerprint density at radius 1 is 1.38 bits per heavy atom. The summed E-state index contributed by atoms with van der Waals surface area (Å²) in [5.41, 5.74) is 0.893. The topological polar surface area (TPSA) is 38.1 Å². The Kier molecular flexibility index (Phi) is 4.14. The molecule has 3 heteroatoms. The summed E-state index contributed by atoms with van der Waals surface area (Å²) in [6.07, 6.45) is 2.38. The highest BCUT2D eigenvalue weighted by atomic mass is 16.4. The summed E-state index contributed by atoms with van der Waals surface area (Å²) in [6, 6.07) is 0.497. The van der Waals surface area contributed by atoms with Crippen LogP contribution >= 0.6 is 0 Å². The fourth-order valence-corrected chi connectivity index (χ4v) is 2.30. The van der Waals surface area contributed by atoms with E-state index in [-0.39, 0.29) is 5.54 Å². The molecule has 0 aliphatic carbocycles. The molecule has 1 aromatic rings. The first kappa shape index (κ1) is 13.2. The monoisotopic (exact) mass is 224 g/mol. The van der Waals surface area contributed by atoms with Gasteiger partial charge in [0.05, 0.1) is 5.54 Å². The van der Waals surface area contributed by atoms with Gasteiger partial charge in [-0.3, -0.25) is 0 Å². The molecule has 1 heterocycles. The van der Waals surface area contributed by atoms with Crippen molar-refractivity contribution < 1.29 is 4.42 Å². The maximum Gasteiger partial charge on any atom is 0.191 e. The molecule has 92 valence electrons. The molecule has 0 amide bonds. The third-order valence-corrected chi connectivity index (χ3v) is 2.82. The first-order chi connectivity index (χ1) is 7.36. The van der Waals surface area contributed by atoms with E-state index in [4.69, 9.17) is 4.42 Å². The van der Waals surface area contributed by atoms with Crippen molar-refractivity contribution in [2.24, 2.45) is 0 Å². The van der Waals surface area contributed by atoms with Crippen LogP contribution in [0, 0.1) is 13.8 Å². The second kappa shape index (κ2) is 5.00. The van der Waals surface area contributed by atoms with E-state index in [0.717, 1.165) is 17.3 Å². The second-order valence-corrected chi connectivity index (χ2v) is 5.10. The highest BCUT2D eigenvalue weighted by Crippen LogP contribution is 2.24. The molecule has 0 aromatic carbocycles. The predicted molar refractivity (Wildman–Crippen MR) is 66.5 cm³/mol. The Morgan fingerprint density at radius 2 is 2.00 bits per heavy atom. The van der Waals surface area contributed by atoms with Gasteiger partial charge in [-0.1, -0.05) is 13.3 Å². The van der Waals surface area contributed by atoms with E-state index in [1.807, 2.05) is 13.8 Å². The zero-order chi connectivity index (χ0) is 12.3. The van der Waals surface area contributed by atoms with E-state index < -0.39 is 0 Å². The van der Waals surface area contributed by atoms with Crippen molar-refractivity contribution in [2.45, 2.75) is 66.0 Å². The number of nitrogens with zero attached hydrogens (tertiary/aromatic N) is 1. The Hall–Kier alpha value is -0.830. The molecule has 0 spiro atoms. The summed E-state index contributed by atoms with van der Waals surface area (Å²) in [6.45, 7) is 12.6. The van der Waals surface area contributed by atoms with E-state index in [2.05, 4.69) is 38.0 Å². The Labute approximate surface area is 98.6 Å². The summed E-state index contributed by atoms with van der Waals surface area (Å²) in [4.78, 5) is 4.47. The third-order valence-electron chi connectivity index (χ3n) is 2.82. The minimum absolute atomic E-state index is 0.129. The molecule has 0 bridgehead atoms. The summed E-state index contributed by atoms with van der Waals surface area (Å²) < 4.78 is 5.49. The van der Waals surface area contributed by atoms with Gasteiger partial charge in [0.15, 0.2) is 5.89 Å². The van der Waals surface area contributed by atoms with Crippen LogP contribution in [0.4, 0.5) is 0 Å². The quantitative estimate of drug-likeness (QED) is 0.834. The van der Waals surface area contributed by atoms with Crippen molar-refractivity contribution in [3.05, 3.63) is 17.3 Å². The van der Waals surface area contributed by atoms with Gasteiger partial charge < -0.3 is 9.73 Å². The fraction of sp³-hybridized carbons (Fsp3) is 0.769. The zero-order valence-electron chi connectivity index (χ0n) is 11.3. The summed E-state index contributed by atoms with van der Waals surface area (Å²) in [5.74, 6) is 1.66. The summed E-state index contributed by atoms with van der Waals surface area (Å²) in [7, 11) is 0. The van der Waals surface area contributed by atoms with Gasteiger partial charge in [0.1, 0.15) is 11.5 Å². The molecule has 0 radical (unpaired) electrons. The molecular formula is C13H24N2O. The van der Waals surface area contributed by atoms with Crippen LogP contribution in [0.15, 0.2) is 4.42 Å². The zero-order valence-corrected chi connectivity index (χ0v) is 11.3. The van der Waals surface area contributed by atoms with E-state index >= 15 is 0 Å². The van der Waals surface area contributed by atoms with Gasteiger partial charge in [-0.15, -0.1) is 0 Å². The van der Waals surface area contributed by atoms with Crippen molar-refractivity contribution in [1.29, 1.82) is 0 Å². The first-order valence-corrected chi connectivity index (χ1v) is 6.09. The van der Waals surface area contributed by atoms with E-state index in [1.165, 1.54) is 12.8 Å². The molecule has 0 aliphatic rings. The number of oxazole rings is 1. The molecule has 1 unspecified atom stereocenters. The number of aromatic nitrogens is 1. The van der Waals surface area contributed by atoms with Crippen LogP contribution < -0.4 is 5.32 Å². The number of nitrogens with one attached hydrogen (secondary N) is 1. The summed E-state index contributed by atoms with van der Waals surface area (Å²) >= 11 is 0. The lowest BCUT2D eigenvalue weighted by Crippen LogP contribution is -2.43. The first-order valence-electron chi connectivity index (χ1n) is 6.09. The highest BCUT2D eigenvalue weighted by Gasteiger charge is 2.27. The van der Waals surface area contributed by atoms with Gasteiger partial charge in [-0.25, -0.2) is 4.98 Å². The van der Waals surface area contributed by atoms with Gasteiger partial charge in [0.2, 0.25) is 0 Å². The molecular weight excluding hydrogens is 200 g/mol. The van der Waals surface area contributed by atoms with Crippen LogP contribution in [0.1, 0.15) is 57.9 Å². The predicted octanol–water partition coefficient (Wildman–Crippen LogP) is 3.30. The smallest absolute Gasteiger partial charge is 0.191 e. The molecule has 0 saturated carbocycles. The molecule has 1 atom stereocenters. The molecule has 3 nitrogen and oxygen atoms in total. The molecule has 0 fully saturated rings. The molecule has 1 N–H and O–H groups in total. The number of aryl methyl sites for hydroxylation is 2. The van der Waals surface area contributed by atoms with E-state index in [9.17, 15) is 0 Å². The lowest BCUT2D eigenvalue weighted by Gasteiger charge is -2.29. The standard InChI is InChI=1S/C13H24N2O/c1-7-8-9(2)15-13(5,6)12-10(3)16-11(4)14-12/h9,15H,7-8H2,1-6H3. The van der Waals surface area contributed by atoms with Crippen LogP contribution in [0.3, 0.4) is 0 Å². The van der Waals surface area contributed by atoms with Gasteiger partial charge in [-0.05, 0) is 34.1 Å². The van der Waals surface area contributed by atoms with Crippen LogP contribution in [-0.2, 0) is 5.54 Å². The molecule has 1 rings (SSSR count). The number of hydrogen-bond acceptors (Lipinski definition) is 3. The lowest BCUT2D eigenvalue weighted by atomic mass is 9.97. The molecule has 1 aromatic heterocycles. The SMILES string of the molecule is CCCC(C)NC(C)(C)c1nc(C)oc1C. The Bertz CT molecular complexity index is 342. The van der Waals surface area contributed by atoms with Crippen molar-refractivity contribution in [2.75, 3.05) is 0 Å². The minimum Gasteiger partial charge on any atom is -0.446 e. The van der Waals surface area contributed by atoms with Gasteiger partial charge in [0.25, 0.3) is 0 Å². The highest BCUT2D eigenvalue weighted by molar-refractivity contribution is 5.17. The largest absolute Gasteiger partial charge is 0.446 e. The number of hydrogen-bond donors (Lipinski definition) is 1. The summed E-state index contributed by atoms with van der Waals surface area (Å²) in [5, 5.41) is 3.61. The molecule has 16 heavy (non-hydrogen) atoms. The van der Waals surface area contributed by atoms with Gasteiger partial charge >= 0.3 is 0 Å². The Morgan fingerprint density at radius 3 is 2.44 bits per heavy atom. The Balaban J connectivity index is 2.80. The van der Waals surface area contributed by atoms with Crippen molar-refractivity contribution in [3.63, 3.8) is 0 Å². The van der Waals surface area contributed by atoms with Crippen molar-refractivity contribution >= 4 is 0 Å². The van der Waals surface area contributed by atoms with Crippen molar-refractivity contribution in [3.8, 4) is 0 Å². The third kappa shape index (κ3) is 3.08. The number of rotatable bonds is 5. The normalized spacial score (nSPS) is 14.1. The van der Waals surface area contributed by atoms with Crippen LogP contribution in [0.2, 0.25) is 0 Å². The van der Waals surface area contributed by atoms with Crippen LogP contribution in [-0.4, -0.2) is 11.0 Å². The van der Waals surface area contributed by atoms with Crippen LogP contribution in [0.25, 0.3) is 0 Å². The van der Waals surface area contributed by atoms with Crippen molar-refractivity contribution in [1.82, 2.24) is 10.3 Å². The average Bonchev–Trinajstić information content (AvgIpc) is 2.45. The minimum atomic E-state index is -0.129. The fourth-order valence-electron chi connectivity index (χ4n) is 2.30. The maximum atomic E-state index is 5.49. The average molecular weight is 224 g/mol. The van der Waals surface area contributed by atoms with Gasteiger partial charge in [0, 0.05) is 13.0 Å². The van der Waals surface area contributed by atoms with Gasteiger partial charge in [-0.2, -0.15) is 0 Å².